The first kappa shape index (κ1) is 20.8. The number of aromatic nitrogens is 4. The van der Waals surface area contributed by atoms with E-state index in [4.69, 9.17) is 5.11 Å². The van der Waals surface area contributed by atoms with Gasteiger partial charge < -0.3 is 10.4 Å². The zero-order valence-corrected chi connectivity index (χ0v) is 17.2. The Morgan fingerprint density at radius 2 is 1.90 bits per heavy atom. The highest BCUT2D eigenvalue weighted by atomic mass is 35.5. The van der Waals surface area contributed by atoms with Crippen molar-refractivity contribution < 1.29 is 9.90 Å². The molecule has 5 rings (SSSR count). The highest BCUT2D eigenvalue weighted by Crippen LogP contribution is 2.23. The fourth-order valence-electron chi connectivity index (χ4n) is 3.96. The van der Waals surface area contributed by atoms with Crippen molar-refractivity contribution in [2.45, 2.75) is 12.5 Å². The molecule has 1 fully saturated rings. The number of halogens is 1. The van der Waals surface area contributed by atoms with Crippen molar-refractivity contribution in [3.05, 3.63) is 77.0 Å². The molecule has 0 spiro atoms. The summed E-state index contributed by atoms with van der Waals surface area (Å²) in [6.07, 6.45) is 4.25. The van der Waals surface area contributed by atoms with Gasteiger partial charge in [-0.3, -0.25) is 14.1 Å². The Balaban J connectivity index is 0.00000231. The molecule has 8 nitrogen and oxygen atoms in total. The first-order valence-electron chi connectivity index (χ1n) is 9.72. The van der Waals surface area contributed by atoms with E-state index in [1.165, 1.54) is 0 Å². The minimum atomic E-state index is -0.966. The molecule has 1 aromatic carbocycles. The largest absolute Gasteiger partial charge is 0.478 e. The summed E-state index contributed by atoms with van der Waals surface area (Å²) in [5.74, 6) is -0.966. The summed E-state index contributed by atoms with van der Waals surface area (Å²) in [6.45, 7) is 1.63. The second-order valence-electron chi connectivity index (χ2n) is 7.26. The second-order valence-corrected chi connectivity index (χ2v) is 7.26. The first-order valence-corrected chi connectivity index (χ1v) is 9.72. The molecule has 1 aliphatic rings. The molecule has 2 N–H and O–H groups in total. The Labute approximate surface area is 183 Å². The van der Waals surface area contributed by atoms with Crippen molar-refractivity contribution in [3.8, 4) is 16.9 Å². The summed E-state index contributed by atoms with van der Waals surface area (Å²) in [5, 5.41) is 12.3. The smallest absolute Gasteiger partial charge is 0.335 e. The second kappa shape index (κ2) is 8.33. The van der Waals surface area contributed by atoms with Crippen molar-refractivity contribution >= 4 is 29.5 Å². The Morgan fingerprint density at radius 3 is 2.55 bits per heavy atom. The number of nitrogens with one attached hydrogen (secondary N) is 1. The maximum atomic E-state index is 13.3. The lowest BCUT2D eigenvalue weighted by molar-refractivity contribution is 0.0697. The van der Waals surface area contributed by atoms with Gasteiger partial charge in [-0.15, -0.1) is 12.4 Å². The molecule has 0 unspecified atom stereocenters. The lowest BCUT2D eigenvalue weighted by atomic mass is 10.1. The molecule has 0 aliphatic carbocycles. The first-order chi connectivity index (χ1) is 14.6. The Bertz CT molecular complexity index is 1290. The Hall–Kier alpha value is -3.49. The molecule has 9 heteroatoms. The summed E-state index contributed by atoms with van der Waals surface area (Å²) in [5.41, 5.74) is 3.68. The van der Waals surface area contributed by atoms with E-state index in [0.717, 1.165) is 30.6 Å². The third-order valence-corrected chi connectivity index (χ3v) is 5.47. The highest BCUT2D eigenvalue weighted by molar-refractivity contribution is 5.88. The molecule has 4 aromatic rings. The molecule has 0 bridgehead atoms. The molecular formula is C22H20ClN5O3. The number of rotatable bonds is 4. The number of hydrogen-bond acceptors (Lipinski definition) is 5. The Morgan fingerprint density at radius 1 is 1.10 bits per heavy atom. The van der Waals surface area contributed by atoms with Crippen molar-refractivity contribution in [3.63, 3.8) is 0 Å². The van der Waals surface area contributed by atoms with Crippen LogP contribution in [-0.4, -0.2) is 43.3 Å². The lowest BCUT2D eigenvalue weighted by Gasteiger charge is -2.09. The number of carboxylic acids is 1. The predicted octanol–water partition coefficient (Wildman–Crippen LogP) is 2.90. The van der Waals surface area contributed by atoms with Crippen molar-refractivity contribution in [1.29, 1.82) is 0 Å². The summed E-state index contributed by atoms with van der Waals surface area (Å²) in [4.78, 5) is 33.3. The van der Waals surface area contributed by atoms with Gasteiger partial charge in [-0.25, -0.2) is 14.6 Å². The number of imidazole rings is 1. The predicted molar refractivity (Wildman–Crippen MR) is 119 cm³/mol. The molecule has 3 aromatic heterocycles. The van der Waals surface area contributed by atoms with E-state index in [0.29, 0.717) is 17.0 Å². The molecule has 0 amide bonds. The molecule has 158 valence electrons. The van der Waals surface area contributed by atoms with Crippen LogP contribution in [0.4, 0.5) is 0 Å². The highest BCUT2D eigenvalue weighted by Gasteiger charge is 2.24. The molecule has 4 heterocycles. The van der Waals surface area contributed by atoms with Gasteiger partial charge >= 0.3 is 11.7 Å². The molecule has 1 saturated heterocycles. The average molecular weight is 438 g/mol. The summed E-state index contributed by atoms with van der Waals surface area (Å²) in [6, 6.07) is 14.0. The minimum Gasteiger partial charge on any atom is -0.478 e. The number of aromatic carboxylic acids is 1. The van der Waals surface area contributed by atoms with Gasteiger partial charge in [0.15, 0.2) is 5.65 Å². The van der Waals surface area contributed by atoms with Crippen LogP contribution >= 0.6 is 12.4 Å². The van der Waals surface area contributed by atoms with Crippen LogP contribution < -0.4 is 11.0 Å². The van der Waals surface area contributed by atoms with Crippen LogP contribution in [0.15, 0.2) is 65.7 Å². The van der Waals surface area contributed by atoms with Crippen LogP contribution in [0.3, 0.4) is 0 Å². The zero-order valence-electron chi connectivity index (χ0n) is 16.4. The van der Waals surface area contributed by atoms with Gasteiger partial charge in [0.2, 0.25) is 0 Å². The summed E-state index contributed by atoms with van der Waals surface area (Å²) >= 11 is 0. The topological polar surface area (TPSA) is 102 Å². The monoisotopic (exact) mass is 437 g/mol. The van der Waals surface area contributed by atoms with Gasteiger partial charge in [0.05, 0.1) is 34.7 Å². The fourth-order valence-corrected chi connectivity index (χ4v) is 3.96. The van der Waals surface area contributed by atoms with Crippen LogP contribution in [0.1, 0.15) is 22.8 Å². The van der Waals surface area contributed by atoms with Gasteiger partial charge in [0.25, 0.3) is 0 Å². The number of carboxylic acid groups (broad SMARTS) is 1. The van der Waals surface area contributed by atoms with Gasteiger partial charge in [0, 0.05) is 18.3 Å². The zero-order chi connectivity index (χ0) is 20.7. The van der Waals surface area contributed by atoms with Crippen molar-refractivity contribution in [2.24, 2.45) is 0 Å². The number of benzene rings is 1. The molecular weight excluding hydrogens is 418 g/mol. The summed E-state index contributed by atoms with van der Waals surface area (Å²) in [7, 11) is 0. The van der Waals surface area contributed by atoms with E-state index in [1.807, 2.05) is 24.3 Å². The molecule has 0 saturated carbocycles. The van der Waals surface area contributed by atoms with E-state index >= 15 is 0 Å². The van der Waals surface area contributed by atoms with Gasteiger partial charge in [-0.2, -0.15) is 0 Å². The van der Waals surface area contributed by atoms with Crippen LogP contribution in [-0.2, 0) is 0 Å². The van der Waals surface area contributed by atoms with E-state index in [-0.39, 0.29) is 29.7 Å². The molecule has 1 aliphatic heterocycles. The maximum absolute atomic E-state index is 13.3. The summed E-state index contributed by atoms with van der Waals surface area (Å²) < 4.78 is 3.42. The number of pyridine rings is 2. The van der Waals surface area contributed by atoms with E-state index in [1.54, 1.807) is 45.8 Å². The lowest BCUT2D eigenvalue weighted by Crippen LogP contribution is -2.28. The van der Waals surface area contributed by atoms with Crippen LogP contribution in [0.2, 0.25) is 0 Å². The number of fused-ring (bicyclic) bond motifs is 1. The minimum absolute atomic E-state index is 0. The molecule has 31 heavy (non-hydrogen) atoms. The average Bonchev–Trinajstić information content (AvgIpc) is 3.39. The quantitative estimate of drug-likeness (QED) is 0.509. The third kappa shape index (κ3) is 3.60. The van der Waals surface area contributed by atoms with E-state index in [2.05, 4.69) is 15.3 Å². The number of hydrogen-bond donors (Lipinski definition) is 2. The maximum Gasteiger partial charge on any atom is 0.335 e. The normalized spacial score (nSPS) is 15.7. The number of nitrogens with zero attached hydrogens (tertiary/aromatic N) is 4. The third-order valence-electron chi connectivity index (χ3n) is 5.47. The Kier molecular flexibility index (Phi) is 5.58. The van der Waals surface area contributed by atoms with Crippen molar-refractivity contribution in [1.82, 2.24) is 24.4 Å². The van der Waals surface area contributed by atoms with Crippen LogP contribution in [0, 0.1) is 0 Å². The van der Waals surface area contributed by atoms with Crippen LogP contribution in [0.25, 0.3) is 28.1 Å². The van der Waals surface area contributed by atoms with Gasteiger partial charge in [-0.05, 0) is 49.4 Å². The standard InChI is InChI=1S/C22H19N5O3.ClH/c28-21(29)15-5-3-14(4-6-15)18-8-7-16(13-25-18)26-19-2-1-10-24-20(19)27(22(26)30)17-9-11-23-12-17;/h1-8,10,13,17,23H,9,11-12H2,(H,28,29);1H/t17-;/m1./s1. The fraction of sp³-hybridized carbons (Fsp3) is 0.182. The van der Waals surface area contributed by atoms with Crippen LogP contribution in [0.5, 0.6) is 0 Å². The van der Waals surface area contributed by atoms with Gasteiger partial charge in [-0.1, -0.05) is 12.1 Å². The van der Waals surface area contributed by atoms with E-state index < -0.39 is 5.97 Å². The molecule has 1 atom stereocenters. The number of carbonyl (C=O) groups is 1. The van der Waals surface area contributed by atoms with E-state index in [9.17, 15) is 9.59 Å². The molecule has 0 radical (unpaired) electrons. The van der Waals surface area contributed by atoms with Gasteiger partial charge in [0.1, 0.15) is 0 Å². The van der Waals surface area contributed by atoms with Crippen molar-refractivity contribution in [2.75, 3.05) is 13.1 Å². The SMILES string of the molecule is Cl.O=C(O)c1ccc(-c2ccc(-n3c(=O)n([C@@H]4CCNC4)c4ncccc43)cn2)cc1.